The highest BCUT2D eigenvalue weighted by molar-refractivity contribution is 5.31. The van der Waals surface area contributed by atoms with Gasteiger partial charge in [0, 0.05) is 17.7 Å². The third kappa shape index (κ3) is 2.64. The van der Waals surface area contributed by atoms with Crippen LogP contribution in [0.15, 0.2) is 31.0 Å². The first-order chi connectivity index (χ1) is 8.25. The van der Waals surface area contributed by atoms with Crippen LogP contribution in [0, 0.1) is 0 Å². The summed E-state index contributed by atoms with van der Waals surface area (Å²) in [4.78, 5) is 3.83. The van der Waals surface area contributed by atoms with Gasteiger partial charge in [-0.2, -0.15) is 13.2 Å². The van der Waals surface area contributed by atoms with Gasteiger partial charge in [-0.1, -0.05) is 12.1 Å². The fraction of sp³-hybridized carbons (Fsp3) is 0.417. The van der Waals surface area contributed by atoms with E-state index < -0.39 is 17.7 Å². The van der Waals surface area contributed by atoms with Gasteiger partial charge in [0.25, 0.3) is 0 Å². The molecule has 0 aliphatic heterocycles. The molecule has 0 aliphatic carbocycles. The molecule has 3 nitrogen and oxygen atoms in total. The predicted molar refractivity (Wildman–Crippen MR) is 60.4 cm³/mol. The summed E-state index contributed by atoms with van der Waals surface area (Å²) in [5.74, 6) is 0.284. The summed E-state index contributed by atoms with van der Waals surface area (Å²) in [6.07, 6.45) is -4.98. The first-order valence-corrected chi connectivity index (χ1v) is 5.14. The number of methoxy groups -OCH3 is 1. The molecule has 1 aromatic rings. The number of rotatable bonds is 4. The lowest BCUT2D eigenvalue weighted by Crippen LogP contribution is -2.45. The first kappa shape index (κ1) is 14.5. The average molecular weight is 261 g/mol. The van der Waals surface area contributed by atoms with Crippen molar-refractivity contribution in [3.63, 3.8) is 0 Å². The number of alkyl halides is 3. The SMILES string of the molecule is C=C[C@](C)(c1ccc(OC)nc1)C(O)C(F)(F)F. The van der Waals surface area contributed by atoms with E-state index in [1.54, 1.807) is 0 Å². The lowest BCUT2D eigenvalue weighted by Gasteiger charge is -2.32. The molecule has 0 spiro atoms. The third-order valence-electron chi connectivity index (χ3n) is 2.87. The standard InChI is InChI=1S/C12H14F3NO2/c1-4-11(2,10(17)12(13,14)15)8-5-6-9(18-3)16-7-8/h4-7,10,17H,1H2,2-3H3/t10?,11-/m1/s1. The van der Waals surface area contributed by atoms with Crippen molar-refractivity contribution < 1.29 is 23.0 Å². The van der Waals surface area contributed by atoms with Crippen molar-refractivity contribution in [3.05, 3.63) is 36.5 Å². The Bertz CT molecular complexity index is 416. The molecule has 6 heteroatoms. The first-order valence-electron chi connectivity index (χ1n) is 5.14. The van der Waals surface area contributed by atoms with Crippen molar-refractivity contribution in [3.8, 4) is 5.88 Å². The van der Waals surface area contributed by atoms with Crippen LogP contribution < -0.4 is 4.74 Å². The van der Waals surface area contributed by atoms with Gasteiger partial charge in [0.05, 0.1) is 7.11 Å². The van der Waals surface area contributed by atoms with Crippen LogP contribution in [0.2, 0.25) is 0 Å². The molecule has 0 fully saturated rings. The molecule has 0 amide bonds. The second-order valence-corrected chi connectivity index (χ2v) is 4.02. The van der Waals surface area contributed by atoms with Crippen LogP contribution in [0.5, 0.6) is 5.88 Å². The Hall–Kier alpha value is -1.56. The average Bonchev–Trinajstić information content (AvgIpc) is 2.36. The monoisotopic (exact) mass is 261 g/mol. The van der Waals surface area contributed by atoms with Crippen LogP contribution in [0.1, 0.15) is 12.5 Å². The van der Waals surface area contributed by atoms with Crippen LogP contribution in [0.4, 0.5) is 13.2 Å². The molecule has 1 heterocycles. The fourth-order valence-electron chi connectivity index (χ4n) is 1.55. The van der Waals surface area contributed by atoms with E-state index in [1.165, 1.54) is 32.4 Å². The molecule has 18 heavy (non-hydrogen) atoms. The maximum atomic E-state index is 12.6. The molecule has 0 saturated carbocycles. The van der Waals surface area contributed by atoms with E-state index in [1.807, 2.05) is 0 Å². The van der Waals surface area contributed by atoms with Crippen molar-refractivity contribution in [2.24, 2.45) is 0 Å². The summed E-state index contributed by atoms with van der Waals surface area (Å²) in [5.41, 5.74) is -1.44. The van der Waals surface area contributed by atoms with Gasteiger partial charge in [-0.25, -0.2) is 4.98 Å². The maximum absolute atomic E-state index is 12.6. The quantitative estimate of drug-likeness (QED) is 0.846. The lowest BCUT2D eigenvalue weighted by molar-refractivity contribution is -0.218. The zero-order valence-corrected chi connectivity index (χ0v) is 10.0. The summed E-state index contributed by atoms with van der Waals surface area (Å²) in [6.45, 7) is 4.62. The normalized spacial score (nSPS) is 16.8. The van der Waals surface area contributed by atoms with E-state index in [0.29, 0.717) is 0 Å². The highest BCUT2D eigenvalue weighted by Gasteiger charge is 2.49. The van der Waals surface area contributed by atoms with Crippen molar-refractivity contribution in [1.29, 1.82) is 0 Å². The summed E-state index contributed by atoms with van der Waals surface area (Å²) in [7, 11) is 1.40. The Morgan fingerprint density at radius 1 is 1.44 bits per heavy atom. The highest BCUT2D eigenvalue weighted by Crippen LogP contribution is 2.37. The number of nitrogens with zero attached hydrogens (tertiary/aromatic N) is 1. The molecule has 1 N–H and O–H groups in total. The number of halogens is 3. The van der Waals surface area contributed by atoms with Crippen molar-refractivity contribution in [2.45, 2.75) is 24.6 Å². The molecule has 0 bridgehead atoms. The van der Waals surface area contributed by atoms with E-state index in [0.717, 1.165) is 6.08 Å². The van der Waals surface area contributed by atoms with E-state index >= 15 is 0 Å². The van der Waals surface area contributed by atoms with Gasteiger partial charge < -0.3 is 9.84 Å². The minimum atomic E-state index is -4.73. The molecular formula is C12H14F3NO2. The molecular weight excluding hydrogens is 247 g/mol. The van der Waals surface area contributed by atoms with Crippen LogP contribution in [0.25, 0.3) is 0 Å². The second-order valence-electron chi connectivity index (χ2n) is 4.02. The van der Waals surface area contributed by atoms with Crippen LogP contribution in [0.3, 0.4) is 0 Å². The second kappa shape index (κ2) is 4.97. The molecule has 0 aromatic carbocycles. The zero-order chi connectivity index (χ0) is 14.0. The Labute approximate surface area is 103 Å². The number of ether oxygens (including phenoxy) is 1. The zero-order valence-electron chi connectivity index (χ0n) is 10.0. The minimum Gasteiger partial charge on any atom is -0.481 e. The van der Waals surface area contributed by atoms with Crippen LogP contribution >= 0.6 is 0 Å². The van der Waals surface area contributed by atoms with Crippen LogP contribution in [-0.4, -0.2) is 29.5 Å². The lowest BCUT2D eigenvalue weighted by atomic mass is 9.78. The third-order valence-corrected chi connectivity index (χ3v) is 2.87. The topological polar surface area (TPSA) is 42.4 Å². The summed E-state index contributed by atoms with van der Waals surface area (Å²) in [5, 5.41) is 9.43. The van der Waals surface area contributed by atoms with Crippen LogP contribution in [-0.2, 0) is 5.41 Å². The molecule has 2 atom stereocenters. The largest absolute Gasteiger partial charge is 0.481 e. The van der Waals surface area contributed by atoms with E-state index in [4.69, 9.17) is 4.74 Å². The minimum absolute atomic E-state index is 0.211. The summed E-state index contributed by atoms with van der Waals surface area (Å²) in [6, 6.07) is 2.85. The van der Waals surface area contributed by atoms with E-state index in [9.17, 15) is 18.3 Å². The number of aromatic nitrogens is 1. The van der Waals surface area contributed by atoms with Gasteiger partial charge in [-0.3, -0.25) is 0 Å². The number of aliphatic hydroxyl groups excluding tert-OH is 1. The molecule has 1 aromatic heterocycles. The van der Waals surface area contributed by atoms with Gasteiger partial charge in [-0.15, -0.1) is 6.58 Å². The molecule has 0 saturated heterocycles. The van der Waals surface area contributed by atoms with Gasteiger partial charge in [0.15, 0.2) is 6.10 Å². The number of aliphatic hydroxyl groups is 1. The molecule has 1 unspecified atom stereocenters. The van der Waals surface area contributed by atoms with Crippen molar-refractivity contribution >= 4 is 0 Å². The maximum Gasteiger partial charge on any atom is 0.415 e. The predicted octanol–water partition coefficient (Wildman–Crippen LogP) is 2.46. The fourth-order valence-corrected chi connectivity index (χ4v) is 1.55. The summed E-state index contributed by atoms with van der Waals surface area (Å²) < 4.78 is 42.7. The Morgan fingerprint density at radius 3 is 2.39 bits per heavy atom. The number of hydrogen-bond donors (Lipinski definition) is 1. The number of hydrogen-bond acceptors (Lipinski definition) is 3. The van der Waals surface area contributed by atoms with E-state index in [-0.39, 0.29) is 11.4 Å². The highest BCUT2D eigenvalue weighted by atomic mass is 19.4. The molecule has 0 aliphatic rings. The Kier molecular flexibility index (Phi) is 4.01. The molecule has 1 rings (SSSR count). The van der Waals surface area contributed by atoms with Crippen molar-refractivity contribution in [1.82, 2.24) is 4.98 Å². The van der Waals surface area contributed by atoms with E-state index in [2.05, 4.69) is 11.6 Å². The Balaban J connectivity index is 3.18. The Morgan fingerprint density at radius 2 is 2.06 bits per heavy atom. The van der Waals surface area contributed by atoms with Gasteiger partial charge in [0.2, 0.25) is 5.88 Å². The smallest absolute Gasteiger partial charge is 0.415 e. The summed E-state index contributed by atoms with van der Waals surface area (Å²) >= 11 is 0. The molecule has 100 valence electrons. The van der Waals surface area contributed by atoms with Gasteiger partial charge in [0.1, 0.15) is 0 Å². The van der Waals surface area contributed by atoms with Gasteiger partial charge in [-0.05, 0) is 12.5 Å². The number of pyridine rings is 1. The van der Waals surface area contributed by atoms with Gasteiger partial charge >= 0.3 is 6.18 Å². The molecule has 0 radical (unpaired) electrons. The van der Waals surface area contributed by atoms with Crippen molar-refractivity contribution in [2.75, 3.05) is 7.11 Å².